The van der Waals surface area contributed by atoms with Gasteiger partial charge >= 0.3 is 0 Å². The van der Waals surface area contributed by atoms with Gasteiger partial charge in [0, 0.05) is 30.7 Å². The van der Waals surface area contributed by atoms with E-state index in [1.807, 2.05) is 28.8 Å². The number of carbonyl (C=O) groups is 2. The number of nitrogens with two attached hydrogens (primary N) is 1. The number of nitrogens with one attached hydrogen (secondary N) is 1. The van der Waals surface area contributed by atoms with Crippen LogP contribution in [-0.2, 0) is 9.59 Å². The van der Waals surface area contributed by atoms with E-state index in [-0.39, 0.29) is 11.8 Å². The summed E-state index contributed by atoms with van der Waals surface area (Å²) < 4.78 is 2.01. The monoisotopic (exact) mass is 345 g/mol. The van der Waals surface area contributed by atoms with Gasteiger partial charge in [0.15, 0.2) is 5.16 Å². The van der Waals surface area contributed by atoms with Crippen LogP contribution >= 0.6 is 11.8 Å². The van der Waals surface area contributed by atoms with Crippen molar-refractivity contribution in [1.29, 1.82) is 0 Å². The smallest absolute Gasteiger partial charge is 0.221 e. The summed E-state index contributed by atoms with van der Waals surface area (Å²) >= 11 is 1.46. The molecule has 1 fully saturated rings. The van der Waals surface area contributed by atoms with Gasteiger partial charge in [-0.05, 0) is 31.0 Å². The Kier molecular flexibility index (Phi) is 4.84. The SMILES string of the molecule is CC(=O)Nc1cccc(-n2c(SCCC(N)=O)nnc2C2CC2)c1. The maximum absolute atomic E-state index is 11.3. The van der Waals surface area contributed by atoms with E-state index in [0.717, 1.165) is 35.2 Å². The minimum Gasteiger partial charge on any atom is -0.370 e. The maximum atomic E-state index is 11.3. The van der Waals surface area contributed by atoms with Crippen LogP contribution in [0.5, 0.6) is 0 Å². The zero-order chi connectivity index (χ0) is 17.1. The average molecular weight is 345 g/mol. The Labute approximate surface area is 144 Å². The van der Waals surface area contributed by atoms with E-state index in [4.69, 9.17) is 5.73 Å². The molecule has 0 saturated heterocycles. The van der Waals surface area contributed by atoms with Crippen LogP contribution < -0.4 is 11.1 Å². The number of thioether (sulfide) groups is 1. The van der Waals surface area contributed by atoms with Crippen molar-refractivity contribution in [2.24, 2.45) is 5.73 Å². The van der Waals surface area contributed by atoms with Crippen LogP contribution in [0.1, 0.15) is 37.9 Å². The lowest BCUT2D eigenvalue weighted by atomic mass is 10.2. The van der Waals surface area contributed by atoms with E-state index in [1.54, 1.807) is 0 Å². The molecule has 0 atom stereocenters. The predicted molar refractivity (Wildman–Crippen MR) is 92.2 cm³/mol. The van der Waals surface area contributed by atoms with Crippen LogP contribution in [0.15, 0.2) is 29.4 Å². The molecule has 0 unspecified atom stereocenters. The highest BCUT2D eigenvalue weighted by Crippen LogP contribution is 2.41. The second kappa shape index (κ2) is 7.04. The van der Waals surface area contributed by atoms with Crippen molar-refractivity contribution in [2.45, 2.75) is 37.3 Å². The molecule has 0 aliphatic heterocycles. The molecule has 1 saturated carbocycles. The van der Waals surface area contributed by atoms with Gasteiger partial charge in [-0.25, -0.2) is 0 Å². The minimum atomic E-state index is -0.330. The second-order valence-electron chi connectivity index (χ2n) is 5.75. The first-order chi connectivity index (χ1) is 11.5. The van der Waals surface area contributed by atoms with Crippen LogP contribution in [0.25, 0.3) is 5.69 Å². The fourth-order valence-corrected chi connectivity index (χ4v) is 3.30. The molecule has 2 aromatic rings. The van der Waals surface area contributed by atoms with Gasteiger partial charge in [-0.2, -0.15) is 0 Å². The van der Waals surface area contributed by atoms with Gasteiger partial charge in [-0.15, -0.1) is 10.2 Å². The summed E-state index contributed by atoms with van der Waals surface area (Å²) in [4.78, 5) is 22.2. The lowest BCUT2D eigenvalue weighted by molar-refractivity contribution is -0.117. The summed E-state index contributed by atoms with van der Waals surface area (Å²) in [6.07, 6.45) is 2.51. The molecular formula is C16H19N5O2S. The first-order valence-corrected chi connectivity index (χ1v) is 8.77. The lowest BCUT2D eigenvalue weighted by Gasteiger charge is -2.11. The Balaban J connectivity index is 1.91. The third-order valence-electron chi connectivity index (χ3n) is 3.61. The molecule has 8 heteroatoms. The number of anilines is 1. The number of aromatic nitrogens is 3. The Morgan fingerprint density at radius 2 is 2.17 bits per heavy atom. The number of benzene rings is 1. The molecule has 2 amide bonds. The number of hydrogen-bond acceptors (Lipinski definition) is 5. The molecule has 24 heavy (non-hydrogen) atoms. The zero-order valence-electron chi connectivity index (χ0n) is 13.4. The van der Waals surface area contributed by atoms with Crippen molar-refractivity contribution >= 4 is 29.3 Å². The van der Waals surface area contributed by atoms with Crippen LogP contribution in [0.4, 0.5) is 5.69 Å². The number of rotatable bonds is 7. The molecular weight excluding hydrogens is 326 g/mol. The number of primary amides is 1. The van der Waals surface area contributed by atoms with Crippen molar-refractivity contribution in [1.82, 2.24) is 14.8 Å². The molecule has 1 aliphatic rings. The van der Waals surface area contributed by atoms with Crippen LogP contribution in [-0.4, -0.2) is 32.3 Å². The van der Waals surface area contributed by atoms with E-state index in [2.05, 4.69) is 15.5 Å². The Bertz CT molecular complexity index is 770. The summed E-state index contributed by atoms with van der Waals surface area (Å²) in [7, 11) is 0. The lowest BCUT2D eigenvalue weighted by Crippen LogP contribution is -2.11. The van der Waals surface area contributed by atoms with Crippen molar-refractivity contribution in [3.8, 4) is 5.69 Å². The summed E-state index contributed by atoms with van der Waals surface area (Å²) in [6, 6.07) is 7.58. The van der Waals surface area contributed by atoms with Gasteiger partial charge in [-0.1, -0.05) is 17.8 Å². The molecule has 0 bridgehead atoms. The third-order valence-corrected chi connectivity index (χ3v) is 4.54. The normalized spacial score (nSPS) is 13.7. The standard InChI is InChI=1S/C16H19N5O2S/c1-10(22)18-12-3-2-4-13(9-12)21-15(11-5-6-11)19-20-16(21)24-8-7-14(17)23/h2-4,9,11H,5-8H2,1H3,(H2,17,23)(H,18,22). The first kappa shape index (κ1) is 16.5. The quantitative estimate of drug-likeness (QED) is 0.748. The van der Waals surface area contributed by atoms with Gasteiger partial charge in [0.1, 0.15) is 5.82 Å². The highest BCUT2D eigenvalue weighted by Gasteiger charge is 2.31. The number of carbonyl (C=O) groups excluding carboxylic acids is 2. The molecule has 7 nitrogen and oxygen atoms in total. The largest absolute Gasteiger partial charge is 0.370 e. The molecule has 0 radical (unpaired) electrons. The van der Waals surface area contributed by atoms with Crippen LogP contribution in [0.3, 0.4) is 0 Å². The number of hydrogen-bond donors (Lipinski definition) is 2. The molecule has 0 spiro atoms. The van der Waals surface area contributed by atoms with E-state index in [0.29, 0.717) is 18.1 Å². The van der Waals surface area contributed by atoms with Gasteiger partial charge in [0.2, 0.25) is 11.8 Å². The third kappa shape index (κ3) is 3.94. The Morgan fingerprint density at radius 1 is 1.38 bits per heavy atom. The fourth-order valence-electron chi connectivity index (χ4n) is 2.39. The van der Waals surface area contributed by atoms with Crippen molar-refractivity contribution < 1.29 is 9.59 Å². The van der Waals surface area contributed by atoms with Gasteiger partial charge in [0.05, 0.1) is 5.69 Å². The molecule has 3 N–H and O–H groups in total. The topological polar surface area (TPSA) is 103 Å². The minimum absolute atomic E-state index is 0.116. The Morgan fingerprint density at radius 3 is 2.83 bits per heavy atom. The highest BCUT2D eigenvalue weighted by molar-refractivity contribution is 7.99. The van der Waals surface area contributed by atoms with Crippen molar-refractivity contribution in [3.63, 3.8) is 0 Å². The number of nitrogens with zero attached hydrogens (tertiary/aromatic N) is 3. The average Bonchev–Trinajstić information content (AvgIpc) is 3.27. The second-order valence-corrected chi connectivity index (χ2v) is 6.81. The molecule has 1 aromatic heterocycles. The molecule has 126 valence electrons. The maximum Gasteiger partial charge on any atom is 0.221 e. The van der Waals surface area contributed by atoms with E-state index >= 15 is 0 Å². The summed E-state index contributed by atoms with van der Waals surface area (Å²) in [5, 5.41) is 12.1. The number of amides is 2. The fraction of sp³-hybridized carbons (Fsp3) is 0.375. The molecule has 1 heterocycles. The van der Waals surface area contributed by atoms with E-state index in [9.17, 15) is 9.59 Å². The summed E-state index contributed by atoms with van der Waals surface area (Å²) in [5.41, 5.74) is 6.82. The van der Waals surface area contributed by atoms with Gasteiger partial charge in [0.25, 0.3) is 0 Å². The molecule has 1 aliphatic carbocycles. The van der Waals surface area contributed by atoms with Crippen molar-refractivity contribution in [2.75, 3.05) is 11.1 Å². The van der Waals surface area contributed by atoms with E-state index < -0.39 is 0 Å². The van der Waals surface area contributed by atoms with E-state index in [1.165, 1.54) is 18.7 Å². The molecule has 1 aromatic carbocycles. The highest BCUT2D eigenvalue weighted by atomic mass is 32.2. The molecule has 3 rings (SSSR count). The van der Waals surface area contributed by atoms with Crippen LogP contribution in [0, 0.1) is 0 Å². The van der Waals surface area contributed by atoms with Crippen molar-refractivity contribution in [3.05, 3.63) is 30.1 Å². The van der Waals surface area contributed by atoms with Crippen LogP contribution in [0.2, 0.25) is 0 Å². The Hall–Kier alpha value is -2.35. The van der Waals surface area contributed by atoms with Gasteiger partial charge in [-0.3, -0.25) is 14.2 Å². The summed E-state index contributed by atoms with van der Waals surface area (Å²) in [6.45, 7) is 1.48. The first-order valence-electron chi connectivity index (χ1n) is 7.79. The zero-order valence-corrected chi connectivity index (χ0v) is 14.2. The predicted octanol–water partition coefficient (Wildman–Crippen LogP) is 2.07. The van der Waals surface area contributed by atoms with Gasteiger partial charge < -0.3 is 11.1 Å². The summed E-state index contributed by atoms with van der Waals surface area (Å²) in [5.74, 6) is 1.46.